The molecule has 2 N–H and O–H groups in total. The van der Waals surface area contributed by atoms with Crippen molar-refractivity contribution >= 4 is 11.6 Å². The fourth-order valence-electron chi connectivity index (χ4n) is 2.75. The lowest BCUT2D eigenvalue weighted by Gasteiger charge is -2.41. The molecule has 0 aliphatic carbocycles. The van der Waals surface area contributed by atoms with E-state index in [2.05, 4.69) is 28.1 Å². The van der Waals surface area contributed by atoms with Gasteiger partial charge in [0.15, 0.2) is 0 Å². The molecule has 1 atom stereocenters. The van der Waals surface area contributed by atoms with Crippen LogP contribution in [-0.4, -0.2) is 30.1 Å². The van der Waals surface area contributed by atoms with Crippen LogP contribution in [0.5, 0.6) is 0 Å². The maximum atomic E-state index is 13.2. The fraction of sp³-hybridized carbons (Fsp3) is 0.312. The highest BCUT2D eigenvalue weighted by molar-refractivity contribution is 5.97. The number of nitrogens with zero attached hydrogens (tertiary/aromatic N) is 3. The summed E-state index contributed by atoms with van der Waals surface area (Å²) >= 11 is 0. The van der Waals surface area contributed by atoms with Gasteiger partial charge in [0.1, 0.15) is 12.0 Å². The van der Waals surface area contributed by atoms with Crippen molar-refractivity contribution in [2.45, 2.75) is 19.5 Å². The molecule has 0 saturated heterocycles. The fourth-order valence-corrected chi connectivity index (χ4v) is 2.75. The molecule has 0 fully saturated rings. The van der Waals surface area contributed by atoms with E-state index in [1.807, 2.05) is 11.8 Å². The third-order valence-corrected chi connectivity index (χ3v) is 3.76. The van der Waals surface area contributed by atoms with Gasteiger partial charge in [-0.25, -0.2) is 9.38 Å². The van der Waals surface area contributed by atoms with E-state index >= 15 is 0 Å². The Morgan fingerprint density at radius 2 is 2.00 bits per heavy atom. The summed E-state index contributed by atoms with van der Waals surface area (Å²) in [6.07, 6.45) is 7.49. The first-order valence-electron chi connectivity index (χ1n) is 7.11. The number of anilines is 1. The van der Waals surface area contributed by atoms with Crippen LogP contribution in [-0.2, 0) is 0 Å². The second-order valence-electron chi connectivity index (χ2n) is 5.29. The largest absolute Gasteiger partial charge is 0.369 e. The molecule has 21 heavy (non-hydrogen) atoms. The van der Waals surface area contributed by atoms with Gasteiger partial charge in [0, 0.05) is 24.5 Å². The molecule has 0 amide bonds. The van der Waals surface area contributed by atoms with Crippen molar-refractivity contribution in [3.05, 3.63) is 54.0 Å². The first-order chi connectivity index (χ1) is 10.1. The van der Waals surface area contributed by atoms with E-state index in [1.54, 1.807) is 12.1 Å². The maximum absolute atomic E-state index is 13.2. The molecule has 110 valence electrons. The Labute approximate surface area is 124 Å². The Kier molecular flexibility index (Phi) is 3.75. The zero-order valence-corrected chi connectivity index (χ0v) is 12.0. The number of hydrogen-bond acceptors (Lipinski definition) is 4. The van der Waals surface area contributed by atoms with Gasteiger partial charge in [0.25, 0.3) is 0 Å². The Balaban J connectivity index is 1.96. The van der Waals surface area contributed by atoms with Crippen molar-refractivity contribution < 1.29 is 4.39 Å². The molecular formula is C16H19FN4. The molecule has 4 nitrogen and oxygen atoms in total. The summed E-state index contributed by atoms with van der Waals surface area (Å²) in [5, 5.41) is 0. The summed E-state index contributed by atoms with van der Waals surface area (Å²) in [4.78, 5) is 8.63. The number of halogens is 1. The molecule has 0 spiro atoms. The van der Waals surface area contributed by atoms with Crippen LogP contribution in [0.25, 0.3) is 0 Å². The Morgan fingerprint density at radius 3 is 2.67 bits per heavy atom. The molecular weight excluding hydrogens is 267 g/mol. The Hall–Kier alpha value is -2.14. The summed E-state index contributed by atoms with van der Waals surface area (Å²) in [5.74, 6) is 0.191. The third kappa shape index (κ3) is 2.83. The van der Waals surface area contributed by atoms with Gasteiger partial charge in [0.2, 0.25) is 5.96 Å². The van der Waals surface area contributed by atoms with Crippen molar-refractivity contribution in [1.82, 2.24) is 4.90 Å². The second kappa shape index (κ2) is 5.69. The normalized spacial score (nSPS) is 23.0. The van der Waals surface area contributed by atoms with E-state index in [9.17, 15) is 4.39 Å². The SMILES string of the molecule is CC1=CC(N2CC=CCC2)N(c2ccc(F)cc2)C(N)=N1. The lowest BCUT2D eigenvalue weighted by molar-refractivity contribution is 0.253. The average Bonchev–Trinajstić information content (AvgIpc) is 2.49. The van der Waals surface area contributed by atoms with E-state index < -0.39 is 0 Å². The predicted molar refractivity (Wildman–Crippen MR) is 83.4 cm³/mol. The highest BCUT2D eigenvalue weighted by atomic mass is 19.1. The van der Waals surface area contributed by atoms with Crippen LogP contribution in [0.2, 0.25) is 0 Å². The van der Waals surface area contributed by atoms with Crippen molar-refractivity contribution in [1.29, 1.82) is 0 Å². The minimum absolute atomic E-state index is 0.0120. The standard InChI is InChI=1S/C16H19FN4/c1-12-11-15(20-9-3-2-4-10-20)21(16(18)19-12)14-7-5-13(17)6-8-14/h2-3,5-8,11,15H,4,9-10H2,1H3,(H2,18,19). The van der Waals surface area contributed by atoms with Crippen molar-refractivity contribution in [2.75, 3.05) is 18.0 Å². The number of benzene rings is 1. The maximum Gasteiger partial charge on any atom is 0.202 e. The molecule has 1 aromatic rings. The number of aliphatic imine (C=N–C) groups is 1. The summed E-state index contributed by atoms with van der Waals surface area (Å²) in [5.41, 5.74) is 7.89. The second-order valence-corrected chi connectivity index (χ2v) is 5.29. The van der Waals surface area contributed by atoms with Gasteiger partial charge in [-0.2, -0.15) is 0 Å². The molecule has 2 aliphatic heterocycles. The Morgan fingerprint density at radius 1 is 1.24 bits per heavy atom. The minimum Gasteiger partial charge on any atom is -0.369 e. The van der Waals surface area contributed by atoms with Gasteiger partial charge >= 0.3 is 0 Å². The molecule has 1 unspecified atom stereocenters. The zero-order valence-electron chi connectivity index (χ0n) is 12.0. The number of hydrogen-bond donors (Lipinski definition) is 1. The van der Waals surface area contributed by atoms with Gasteiger partial charge in [-0.3, -0.25) is 9.80 Å². The molecule has 2 aliphatic rings. The molecule has 3 rings (SSSR count). The van der Waals surface area contributed by atoms with E-state index in [0.29, 0.717) is 5.96 Å². The molecule has 2 heterocycles. The number of nitrogens with two attached hydrogens (primary N) is 1. The number of allylic oxidation sites excluding steroid dienone is 1. The van der Waals surface area contributed by atoms with Gasteiger partial charge in [-0.05, 0) is 43.7 Å². The lowest BCUT2D eigenvalue weighted by atomic mass is 10.1. The van der Waals surface area contributed by atoms with Gasteiger partial charge < -0.3 is 5.73 Å². The first-order valence-corrected chi connectivity index (χ1v) is 7.11. The van der Waals surface area contributed by atoms with Gasteiger partial charge in [-0.1, -0.05) is 12.2 Å². The molecule has 5 heteroatoms. The smallest absolute Gasteiger partial charge is 0.202 e. The minimum atomic E-state index is -0.254. The number of rotatable bonds is 2. The summed E-state index contributed by atoms with van der Waals surface area (Å²) in [6.45, 7) is 3.79. The Bertz CT molecular complexity index is 603. The first kappa shape index (κ1) is 13.8. The topological polar surface area (TPSA) is 44.9 Å². The monoisotopic (exact) mass is 286 g/mol. The van der Waals surface area contributed by atoms with Crippen LogP contribution in [0, 0.1) is 5.82 Å². The van der Waals surface area contributed by atoms with Crippen LogP contribution in [0.4, 0.5) is 10.1 Å². The van der Waals surface area contributed by atoms with Crippen molar-refractivity contribution in [3.8, 4) is 0 Å². The van der Waals surface area contributed by atoms with Crippen LogP contribution in [0.3, 0.4) is 0 Å². The molecule has 0 aromatic heterocycles. The summed E-state index contributed by atoms with van der Waals surface area (Å²) < 4.78 is 13.2. The highest BCUT2D eigenvalue weighted by Gasteiger charge is 2.29. The number of guanidine groups is 1. The van der Waals surface area contributed by atoms with Crippen LogP contribution < -0.4 is 10.6 Å². The van der Waals surface area contributed by atoms with Crippen LogP contribution in [0.15, 0.2) is 53.2 Å². The predicted octanol–water partition coefficient (Wildman–Crippen LogP) is 2.45. The van der Waals surface area contributed by atoms with E-state index in [-0.39, 0.29) is 12.0 Å². The van der Waals surface area contributed by atoms with Gasteiger partial charge in [-0.15, -0.1) is 0 Å². The highest BCUT2D eigenvalue weighted by Crippen LogP contribution is 2.25. The van der Waals surface area contributed by atoms with E-state index in [4.69, 9.17) is 5.73 Å². The molecule has 0 radical (unpaired) electrons. The van der Waals surface area contributed by atoms with Gasteiger partial charge in [0.05, 0.1) is 0 Å². The zero-order chi connectivity index (χ0) is 14.8. The third-order valence-electron chi connectivity index (χ3n) is 3.76. The van der Waals surface area contributed by atoms with Crippen LogP contribution in [0.1, 0.15) is 13.3 Å². The quantitative estimate of drug-likeness (QED) is 0.849. The molecule has 1 aromatic carbocycles. The average molecular weight is 286 g/mol. The van der Waals surface area contributed by atoms with E-state index in [1.165, 1.54) is 12.1 Å². The molecule has 0 bridgehead atoms. The lowest BCUT2D eigenvalue weighted by Crippen LogP contribution is -2.55. The summed E-state index contributed by atoms with van der Waals surface area (Å²) in [6, 6.07) is 6.36. The summed E-state index contributed by atoms with van der Waals surface area (Å²) in [7, 11) is 0. The van der Waals surface area contributed by atoms with Crippen LogP contribution >= 0.6 is 0 Å². The molecule has 0 saturated carbocycles. The van der Waals surface area contributed by atoms with E-state index in [0.717, 1.165) is 30.9 Å². The van der Waals surface area contributed by atoms with Crippen molar-refractivity contribution in [2.24, 2.45) is 10.7 Å². The van der Waals surface area contributed by atoms with Crippen molar-refractivity contribution in [3.63, 3.8) is 0 Å².